The predicted octanol–water partition coefficient (Wildman–Crippen LogP) is 3.08. The third-order valence-electron chi connectivity index (χ3n) is 4.61. The summed E-state index contributed by atoms with van der Waals surface area (Å²) in [6, 6.07) is 15.4. The van der Waals surface area contributed by atoms with Crippen LogP contribution in [-0.2, 0) is 0 Å². The summed E-state index contributed by atoms with van der Waals surface area (Å²) in [6.45, 7) is -0.398. The van der Waals surface area contributed by atoms with Crippen LogP contribution in [0.1, 0.15) is 10.4 Å². The Kier molecular flexibility index (Phi) is 5.92. The van der Waals surface area contributed by atoms with Gasteiger partial charge in [0.05, 0.1) is 19.8 Å². The van der Waals surface area contributed by atoms with Crippen molar-refractivity contribution in [1.82, 2.24) is 4.90 Å². The van der Waals surface area contributed by atoms with Gasteiger partial charge >= 0.3 is 0 Å². The van der Waals surface area contributed by atoms with Gasteiger partial charge in [-0.3, -0.25) is 4.79 Å². The summed E-state index contributed by atoms with van der Waals surface area (Å²) in [5.41, 5.74) is 1.90. The topological polar surface area (TPSA) is 70.0 Å². The number of carbonyl (C=O) groups excluding carboxylic acids is 1. The molecule has 5 nitrogen and oxygen atoms in total. The van der Waals surface area contributed by atoms with E-state index in [-0.39, 0.29) is 12.5 Å². The van der Waals surface area contributed by atoms with Gasteiger partial charge in [-0.05, 0) is 40.1 Å². The highest BCUT2D eigenvalue weighted by molar-refractivity contribution is 6.10. The standard InChI is InChI=1S/C22H22FNO4/c1-24(12-16(26)13-25)22(27)21-8-4-6-19-18(5-3-7-20(19)21)14-9-15(23)11-17(10-14)28-2/h3-11,16,25-26H,12-13H2,1-2H3. The zero-order chi connectivity index (χ0) is 20.3. The first-order chi connectivity index (χ1) is 13.4. The lowest BCUT2D eigenvalue weighted by atomic mass is 9.95. The molecule has 1 unspecified atom stereocenters. The lowest BCUT2D eigenvalue weighted by molar-refractivity contribution is 0.0521. The van der Waals surface area contributed by atoms with E-state index in [1.165, 1.54) is 24.1 Å². The van der Waals surface area contributed by atoms with Gasteiger partial charge < -0.3 is 19.8 Å². The van der Waals surface area contributed by atoms with E-state index in [2.05, 4.69) is 0 Å². The maximum Gasteiger partial charge on any atom is 0.254 e. The predicted molar refractivity (Wildman–Crippen MR) is 106 cm³/mol. The van der Waals surface area contributed by atoms with Crippen molar-refractivity contribution in [2.45, 2.75) is 6.10 Å². The average molecular weight is 383 g/mol. The van der Waals surface area contributed by atoms with E-state index in [0.717, 1.165) is 16.3 Å². The summed E-state index contributed by atoms with van der Waals surface area (Å²) in [4.78, 5) is 14.2. The second kappa shape index (κ2) is 8.37. The number of ether oxygens (including phenoxy) is 1. The van der Waals surface area contributed by atoms with Crippen molar-refractivity contribution < 1.29 is 24.1 Å². The Bertz CT molecular complexity index is 1000. The normalized spacial score (nSPS) is 12.0. The smallest absolute Gasteiger partial charge is 0.254 e. The molecule has 0 radical (unpaired) electrons. The number of hydrogen-bond donors (Lipinski definition) is 2. The molecule has 0 fully saturated rings. The van der Waals surface area contributed by atoms with E-state index in [9.17, 15) is 14.3 Å². The number of aliphatic hydroxyl groups excluding tert-OH is 2. The Balaban J connectivity index is 2.09. The first-order valence-electron chi connectivity index (χ1n) is 8.85. The largest absolute Gasteiger partial charge is 0.497 e. The third kappa shape index (κ3) is 3.98. The number of amides is 1. The van der Waals surface area contributed by atoms with Gasteiger partial charge in [-0.1, -0.05) is 30.3 Å². The molecule has 3 aromatic rings. The van der Waals surface area contributed by atoms with Crippen molar-refractivity contribution >= 4 is 16.7 Å². The van der Waals surface area contributed by atoms with Crippen LogP contribution in [0.3, 0.4) is 0 Å². The molecule has 3 rings (SSSR count). The fourth-order valence-electron chi connectivity index (χ4n) is 3.25. The monoisotopic (exact) mass is 383 g/mol. The molecule has 2 N–H and O–H groups in total. The zero-order valence-electron chi connectivity index (χ0n) is 15.7. The van der Waals surface area contributed by atoms with Crippen LogP contribution in [0.15, 0.2) is 54.6 Å². The van der Waals surface area contributed by atoms with Crippen LogP contribution in [0, 0.1) is 5.82 Å². The molecular weight excluding hydrogens is 361 g/mol. The Hall–Kier alpha value is -2.96. The number of carbonyl (C=O) groups is 1. The number of aliphatic hydroxyl groups is 2. The summed E-state index contributed by atoms with van der Waals surface area (Å²) in [7, 11) is 3.05. The minimum absolute atomic E-state index is 0.0203. The Morgan fingerprint density at radius 1 is 1.14 bits per heavy atom. The van der Waals surface area contributed by atoms with Crippen molar-refractivity contribution in [2.24, 2.45) is 0 Å². The average Bonchev–Trinajstić information content (AvgIpc) is 2.71. The van der Waals surface area contributed by atoms with Gasteiger partial charge in [0.25, 0.3) is 5.91 Å². The third-order valence-corrected chi connectivity index (χ3v) is 4.61. The Morgan fingerprint density at radius 2 is 1.86 bits per heavy atom. The molecule has 0 aromatic heterocycles. The Labute approximate surface area is 162 Å². The van der Waals surface area contributed by atoms with Crippen LogP contribution in [0.5, 0.6) is 5.75 Å². The highest BCUT2D eigenvalue weighted by atomic mass is 19.1. The van der Waals surface area contributed by atoms with Crippen LogP contribution in [0.2, 0.25) is 0 Å². The van der Waals surface area contributed by atoms with Crippen LogP contribution >= 0.6 is 0 Å². The maximum absolute atomic E-state index is 14.0. The molecule has 0 aliphatic heterocycles. The lowest BCUT2D eigenvalue weighted by Gasteiger charge is -2.21. The molecule has 1 amide bonds. The molecule has 0 aliphatic carbocycles. The van der Waals surface area contributed by atoms with E-state index in [1.807, 2.05) is 24.3 Å². The van der Waals surface area contributed by atoms with Gasteiger partial charge in [0.15, 0.2) is 0 Å². The van der Waals surface area contributed by atoms with E-state index in [1.54, 1.807) is 25.2 Å². The van der Waals surface area contributed by atoms with E-state index in [4.69, 9.17) is 9.84 Å². The van der Waals surface area contributed by atoms with Crippen molar-refractivity contribution in [3.05, 3.63) is 66.0 Å². The molecule has 1 atom stereocenters. The number of fused-ring (bicyclic) bond motifs is 1. The van der Waals surface area contributed by atoms with Gasteiger partial charge in [-0.25, -0.2) is 4.39 Å². The van der Waals surface area contributed by atoms with Gasteiger partial charge in [-0.2, -0.15) is 0 Å². The summed E-state index contributed by atoms with van der Waals surface area (Å²) in [6.07, 6.45) is -1.00. The second-order valence-corrected chi connectivity index (χ2v) is 6.61. The molecular formula is C22H22FNO4. The highest BCUT2D eigenvalue weighted by Crippen LogP contribution is 2.33. The van der Waals surface area contributed by atoms with Crippen LogP contribution in [0.25, 0.3) is 21.9 Å². The fourth-order valence-corrected chi connectivity index (χ4v) is 3.25. The number of nitrogens with zero attached hydrogens (tertiary/aromatic N) is 1. The molecule has 6 heteroatoms. The van der Waals surface area contributed by atoms with Crippen molar-refractivity contribution in [1.29, 1.82) is 0 Å². The molecule has 0 heterocycles. The summed E-state index contributed by atoms with van der Waals surface area (Å²) in [5.74, 6) is -0.264. The number of likely N-dealkylation sites (N-methyl/N-ethyl adjacent to an activating group) is 1. The molecule has 0 saturated heterocycles. The van der Waals surface area contributed by atoms with Crippen molar-refractivity contribution in [2.75, 3.05) is 27.3 Å². The van der Waals surface area contributed by atoms with E-state index in [0.29, 0.717) is 16.9 Å². The van der Waals surface area contributed by atoms with Crippen LogP contribution < -0.4 is 4.74 Å². The number of hydrogen-bond acceptors (Lipinski definition) is 4. The summed E-state index contributed by atoms with van der Waals surface area (Å²) >= 11 is 0. The van der Waals surface area contributed by atoms with Gasteiger partial charge in [-0.15, -0.1) is 0 Å². The first kappa shape index (κ1) is 19.8. The molecule has 3 aromatic carbocycles. The second-order valence-electron chi connectivity index (χ2n) is 6.61. The molecule has 0 bridgehead atoms. The minimum atomic E-state index is -1.00. The van der Waals surface area contributed by atoms with Gasteiger partial charge in [0.1, 0.15) is 11.6 Å². The first-order valence-corrected chi connectivity index (χ1v) is 8.85. The highest BCUT2D eigenvalue weighted by Gasteiger charge is 2.18. The number of rotatable bonds is 6. The van der Waals surface area contributed by atoms with Gasteiger partial charge in [0.2, 0.25) is 0 Å². The van der Waals surface area contributed by atoms with Gasteiger partial charge in [0, 0.05) is 25.2 Å². The summed E-state index contributed by atoms with van der Waals surface area (Å²) < 4.78 is 19.1. The van der Waals surface area contributed by atoms with E-state index >= 15 is 0 Å². The minimum Gasteiger partial charge on any atom is -0.497 e. The number of halogens is 1. The molecule has 28 heavy (non-hydrogen) atoms. The van der Waals surface area contributed by atoms with Crippen LogP contribution in [0.4, 0.5) is 4.39 Å². The zero-order valence-corrected chi connectivity index (χ0v) is 15.7. The molecule has 0 aliphatic rings. The number of methoxy groups -OCH3 is 1. The fraction of sp³-hybridized carbons (Fsp3) is 0.227. The summed E-state index contributed by atoms with van der Waals surface area (Å²) in [5, 5.41) is 20.1. The molecule has 0 spiro atoms. The molecule has 146 valence electrons. The molecule has 0 saturated carbocycles. The Morgan fingerprint density at radius 3 is 2.57 bits per heavy atom. The van der Waals surface area contributed by atoms with Crippen molar-refractivity contribution in [3.8, 4) is 16.9 Å². The SMILES string of the molecule is COc1cc(F)cc(-c2cccc3c(C(=O)N(C)CC(O)CO)cccc23)c1. The maximum atomic E-state index is 14.0. The number of benzene rings is 3. The van der Waals surface area contributed by atoms with Crippen LogP contribution in [-0.4, -0.2) is 54.4 Å². The van der Waals surface area contributed by atoms with E-state index < -0.39 is 18.5 Å². The van der Waals surface area contributed by atoms with Crippen molar-refractivity contribution in [3.63, 3.8) is 0 Å². The lowest BCUT2D eigenvalue weighted by Crippen LogP contribution is -2.35. The quantitative estimate of drug-likeness (QED) is 0.686.